The minimum absolute atomic E-state index is 0.0218. The van der Waals surface area contributed by atoms with Crippen molar-refractivity contribution in [2.24, 2.45) is 5.41 Å². The van der Waals surface area contributed by atoms with Gasteiger partial charge >= 0.3 is 0 Å². The molecular formula is C15H34N2O. The second kappa shape index (κ2) is 8.13. The Bertz CT molecular complexity index is 215. The lowest BCUT2D eigenvalue weighted by molar-refractivity contribution is -0.0822. The zero-order valence-corrected chi connectivity index (χ0v) is 13.5. The van der Waals surface area contributed by atoms with Crippen molar-refractivity contribution in [3.8, 4) is 0 Å². The number of ether oxygens (including phenoxy) is 1. The molecule has 0 saturated carbocycles. The van der Waals surface area contributed by atoms with E-state index in [2.05, 4.69) is 45.3 Å². The Balaban J connectivity index is 4.08. The predicted octanol–water partition coefficient (Wildman–Crippen LogP) is 2.81. The standard InChI is InChI=1S/C15H34N2O/c1-13(11-14(2,3)12-17-7)18-15(4,5)9-8-10-16-6/h13,16-17H,8-12H2,1-7H3/t13-/m0/s1. The van der Waals surface area contributed by atoms with Crippen molar-refractivity contribution < 1.29 is 4.74 Å². The summed E-state index contributed by atoms with van der Waals surface area (Å²) < 4.78 is 6.21. The van der Waals surface area contributed by atoms with E-state index in [4.69, 9.17) is 4.74 Å². The molecule has 0 rings (SSSR count). The van der Waals surface area contributed by atoms with Crippen LogP contribution in [0.5, 0.6) is 0 Å². The second-order valence-corrected chi connectivity index (χ2v) is 6.79. The Labute approximate surface area is 114 Å². The summed E-state index contributed by atoms with van der Waals surface area (Å²) in [6.07, 6.45) is 3.65. The van der Waals surface area contributed by atoms with E-state index in [0.29, 0.717) is 6.10 Å². The molecule has 3 nitrogen and oxygen atoms in total. The fraction of sp³-hybridized carbons (Fsp3) is 1.00. The van der Waals surface area contributed by atoms with Crippen LogP contribution in [0.25, 0.3) is 0 Å². The zero-order chi connectivity index (χ0) is 14.2. The summed E-state index contributed by atoms with van der Waals surface area (Å²) in [4.78, 5) is 0. The highest BCUT2D eigenvalue weighted by molar-refractivity contribution is 4.77. The van der Waals surface area contributed by atoms with Crippen molar-refractivity contribution in [1.29, 1.82) is 0 Å². The van der Waals surface area contributed by atoms with Crippen molar-refractivity contribution in [2.75, 3.05) is 27.2 Å². The fourth-order valence-electron chi connectivity index (χ4n) is 2.67. The Hall–Kier alpha value is -0.120. The third-order valence-corrected chi connectivity index (χ3v) is 3.22. The first-order valence-corrected chi connectivity index (χ1v) is 7.19. The molecule has 0 heterocycles. The maximum Gasteiger partial charge on any atom is 0.0630 e. The van der Waals surface area contributed by atoms with Gasteiger partial charge in [0.25, 0.3) is 0 Å². The molecule has 3 heteroatoms. The van der Waals surface area contributed by atoms with E-state index in [-0.39, 0.29) is 11.0 Å². The third kappa shape index (κ3) is 8.90. The Morgan fingerprint density at radius 1 is 1.06 bits per heavy atom. The molecule has 2 N–H and O–H groups in total. The summed E-state index contributed by atoms with van der Waals surface area (Å²) in [5.74, 6) is 0. The summed E-state index contributed by atoms with van der Waals surface area (Å²) in [6.45, 7) is 13.3. The number of hydrogen-bond donors (Lipinski definition) is 2. The van der Waals surface area contributed by atoms with Gasteiger partial charge < -0.3 is 15.4 Å². The van der Waals surface area contributed by atoms with E-state index in [0.717, 1.165) is 32.4 Å². The molecule has 0 aliphatic rings. The SMILES string of the molecule is CNCCCC(C)(C)O[C@@H](C)CC(C)(C)CNC. The molecule has 0 aliphatic carbocycles. The molecule has 0 aromatic heterocycles. The highest BCUT2D eigenvalue weighted by atomic mass is 16.5. The summed E-state index contributed by atoms with van der Waals surface area (Å²) in [7, 11) is 4.01. The van der Waals surface area contributed by atoms with Crippen LogP contribution in [0.4, 0.5) is 0 Å². The molecule has 0 unspecified atom stereocenters. The first kappa shape index (κ1) is 17.9. The molecule has 0 aromatic carbocycles. The Morgan fingerprint density at radius 3 is 2.17 bits per heavy atom. The van der Waals surface area contributed by atoms with Gasteiger partial charge in [-0.1, -0.05) is 13.8 Å². The fourth-order valence-corrected chi connectivity index (χ4v) is 2.67. The summed E-state index contributed by atoms with van der Waals surface area (Å²) >= 11 is 0. The first-order chi connectivity index (χ1) is 8.22. The number of rotatable bonds is 10. The van der Waals surface area contributed by atoms with Crippen LogP contribution in [-0.4, -0.2) is 38.9 Å². The van der Waals surface area contributed by atoms with E-state index >= 15 is 0 Å². The maximum atomic E-state index is 6.21. The quantitative estimate of drug-likeness (QED) is 0.591. The van der Waals surface area contributed by atoms with Crippen LogP contribution in [0, 0.1) is 5.41 Å². The molecule has 18 heavy (non-hydrogen) atoms. The third-order valence-electron chi connectivity index (χ3n) is 3.22. The zero-order valence-electron chi connectivity index (χ0n) is 13.5. The van der Waals surface area contributed by atoms with Crippen molar-refractivity contribution in [3.05, 3.63) is 0 Å². The van der Waals surface area contributed by atoms with E-state index in [1.807, 2.05) is 14.1 Å². The monoisotopic (exact) mass is 258 g/mol. The first-order valence-electron chi connectivity index (χ1n) is 7.19. The molecule has 0 aliphatic heterocycles. The van der Waals surface area contributed by atoms with Crippen molar-refractivity contribution in [3.63, 3.8) is 0 Å². The molecule has 110 valence electrons. The van der Waals surface area contributed by atoms with Crippen molar-refractivity contribution in [1.82, 2.24) is 10.6 Å². The average Bonchev–Trinajstić information content (AvgIpc) is 2.14. The average molecular weight is 258 g/mol. The molecule has 0 amide bonds. The van der Waals surface area contributed by atoms with E-state index in [9.17, 15) is 0 Å². The van der Waals surface area contributed by atoms with Crippen LogP contribution < -0.4 is 10.6 Å². The van der Waals surface area contributed by atoms with Gasteiger partial charge in [0.1, 0.15) is 0 Å². The lowest BCUT2D eigenvalue weighted by atomic mass is 9.86. The van der Waals surface area contributed by atoms with Crippen LogP contribution in [0.2, 0.25) is 0 Å². The highest BCUT2D eigenvalue weighted by Crippen LogP contribution is 2.27. The second-order valence-electron chi connectivity index (χ2n) is 6.79. The molecule has 0 radical (unpaired) electrons. The highest BCUT2D eigenvalue weighted by Gasteiger charge is 2.26. The maximum absolute atomic E-state index is 6.21. The van der Waals surface area contributed by atoms with Gasteiger partial charge in [0.15, 0.2) is 0 Å². The Kier molecular flexibility index (Phi) is 8.08. The van der Waals surface area contributed by atoms with Gasteiger partial charge in [-0.05, 0) is 66.1 Å². The predicted molar refractivity (Wildman–Crippen MR) is 80.1 cm³/mol. The lowest BCUT2D eigenvalue weighted by Gasteiger charge is -2.34. The largest absolute Gasteiger partial charge is 0.373 e. The molecule has 0 spiro atoms. The summed E-state index contributed by atoms with van der Waals surface area (Å²) in [6, 6.07) is 0. The molecule has 0 fully saturated rings. The van der Waals surface area contributed by atoms with Gasteiger partial charge in [0.05, 0.1) is 11.7 Å². The smallest absolute Gasteiger partial charge is 0.0630 e. The number of hydrogen-bond acceptors (Lipinski definition) is 3. The van der Waals surface area contributed by atoms with Crippen LogP contribution in [0.3, 0.4) is 0 Å². The van der Waals surface area contributed by atoms with Crippen LogP contribution >= 0.6 is 0 Å². The molecular weight excluding hydrogens is 224 g/mol. The topological polar surface area (TPSA) is 33.3 Å². The lowest BCUT2D eigenvalue weighted by Crippen LogP contribution is -2.35. The molecule has 1 atom stereocenters. The van der Waals surface area contributed by atoms with Crippen LogP contribution in [0.1, 0.15) is 53.9 Å². The molecule has 0 bridgehead atoms. The Morgan fingerprint density at radius 2 is 1.67 bits per heavy atom. The van der Waals surface area contributed by atoms with Crippen LogP contribution in [0.15, 0.2) is 0 Å². The van der Waals surface area contributed by atoms with E-state index in [1.54, 1.807) is 0 Å². The number of nitrogens with one attached hydrogen (secondary N) is 2. The summed E-state index contributed by atoms with van der Waals surface area (Å²) in [5, 5.41) is 6.44. The van der Waals surface area contributed by atoms with E-state index < -0.39 is 0 Å². The van der Waals surface area contributed by atoms with E-state index in [1.165, 1.54) is 0 Å². The van der Waals surface area contributed by atoms with Gasteiger partial charge in [-0.3, -0.25) is 0 Å². The summed E-state index contributed by atoms with van der Waals surface area (Å²) in [5.41, 5.74) is 0.265. The van der Waals surface area contributed by atoms with Gasteiger partial charge in [-0.25, -0.2) is 0 Å². The van der Waals surface area contributed by atoms with Gasteiger partial charge in [-0.2, -0.15) is 0 Å². The minimum Gasteiger partial charge on any atom is -0.373 e. The van der Waals surface area contributed by atoms with Gasteiger partial charge in [0.2, 0.25) is 0 Å². The van der Waals surface area contributed by atoms with Crippen molar-refractivity contribution in [2.45, 2.75) is 65.6 Å². The normalized spacial score (nSPS) is 14.8. The minimum atomic E-state index is -0.0218. The molecule has 0 aromatic rings. The van der Waals surface area contributed by atoms with Crippen molar-refractivity contribution >= 4 is 0 Å². The van der Waals surface area contributed by atoms with Gasteiger partial charge in [0, 0.05) is 6.54 Å². The molecule has 0 saturated heterocycles. The van der Waals surface area contributed by atoms with Crippen LogP contribution in [-0.2, 0) is 4.74 Å². The van der Waals surface area contributed by atoms with Gasteiger partial charge in [-0.15, -0.1) is 0 Å².